The van der Waals surface area contributed by atoms with Crippen molar-refractivity contribution in [1.82, 2.24) is 9.79 Å². The standard InChI is InChI=1S/C14H18B7FN2O4/c15-8-7(5-2-1-3-6(22)4-5)11(16)23-9(10(8)27-20)12(25)24(19)14(17,18)13(26)28-21/h1-4H,15-21H2. The molecule has 2 aromatic rings. The van der Waals surface area contributed by atoms with Crippen LogP contribution in [0.4, 0.5) is 4.39 Å². The van der Waals surface area contributed by atoms with Gasteiger partial charge in [-0.1, -0.05) is 12.1 Å². The molecule has 0 bridgehead atoms. The molecule has 2 rings (SSSR count). The van der Waals surface area contributed by atoms with Crippen molar-refractivity contribution >= 4 is 78.4 Å². The van der Waals surface area contributed by atoms with Crippen molar-refractivity contribution in [3.63, 3.8) is 0 Å². The second-order valence-corrected chi connectivity index (χ2v) is 7.00. The van der Waals surface area contributed by atoms with Crippen molar-refractivity contribution < 1.29 is 23.3 Å². The van der Waals surface area contributed by atoms with Gasteiger partial charge in [0.05, 0.1) is 5.34 Å². The van der Waals surface area contributed by atoms with Crippen LogP contribution in [0.25, 0.3) is 11.1 Å². The van der Waals surface area contributed by atoms with Gasteiger partial charge >= 0.3 is 16.1 Å². The lowest BCUT2D eigenvalue weighted by Gasteiger charge is -2.35. The maximum absolute atomic E-state index is 13.7. The van der Waals surface area contributed by atoms with Gasteiger partial charge in [0, 0.05) is 5.59 Å². The van der Waals surface area contributed by atoms with Gasteiger partial charge in [0.2, 0.25) is 7.98 Å². The third kappa shape index (κ3) is 3.86. The topological polar surface area (TPSA) is 68.7 Å². The number of hydrogen-bond donors (Lipinski definition) is 0. The van der Waals surface area contributed by atoms with Gasteiger partial charge in [0.1, 0.15) is 35.1 Å². The predicted molar refractivity (Wildman–Crippen MR) is 124 cm³/mol. The normalized spacial score (nSPS) is 10.9. The van der Waals surface area contributed by atoms with E-state index >= 15 is 0 Å². The predicted octanol–water partition coefficient (Wildman–Crippen LogP) is -6.67. The zero-order chi connectivity index (χ0) is 21.2. The summed E-state index contributed by atoms with van der Waals surface area (Å²) in [4.78, 5) is 30.9. The summed E-state index contributed by atoms with van der Waals surface area (Å²) in [6, 6.07) is 6.15. The molecule has 0 aliphatic rings. The number of hydrogen-bond acceptors (Lipinski definition) is 5. The number of aromatic nitrogens is 1. The minimum atomic E-state index is -1.19. The summed E-state index contributed by atoms with van der Waals surface area (Å²) < 4.78 is 24.0. The lowest BCUT2D eigenvalue weighted by Crippen LogP contribution is -2.58. The van der Waals surface area contributed by atoms with E-state index in [9.17, 15) is 14.0 Å². The van der Waals surface area contributed by atoms with E-state index in [0.29, 0.717) is 22.2 Å². The van der Waals surface area contributed by atoms with Crippen LogP contribution in [-0.2, 0) is 9.45 Å². The minimum Gasteiger partial charge on any atom is -0.567 e. The quantitative estimate of drug-likeness (QED) is 0.488. The van der Waals surface area contributed by atoms with E-state index in [-0.39, 0.29) is 17.3 Å². The van der Waals surface area contributed by atoms with Gasteiger partial charge in [0.15, 0.2) is 13.5 Å². The number of carbonyl (C=O) groups is 2. The maximum Gasteiger partial charge on any atom is 0.326 e. The highest BCUT2D eigenvalue weighted by atomic mass is 19.1. The summed E-state index contributed by atoms with van der Waals surface area (Å²) in [6.45, 7) is 0. The molecule has 14 heteroatoms. The number of nitrogens with zero attached hydrogens (tertiary/aromatic N) is 2. The van der Waals surface area contributed by atoms with Crippen molar-refractivity contribution in [1.29, 1.82) is 0 Å². The molecule has 0 saturated heterocycles. The van der Waals surface area contributed by atoms with E-state index in [1.807, 2.05) is 0 Å². The Hall–Kier alpha value is -2.51. The fourth-order valence-electron chi connectivity index (χ4n) is 3.10. The number of benzene rings is 1. The van der Waals surface area contributed by atoms with E-state index in [2.05, 4.69) is 4.98 Å². The molecule has 0 saturated carbocycles. The Kier molecular flexibility index (Phi) is 6.42. The fraction of sp³-hybridized carbons (Fsp3) is 0.0714. The molecule has 0 spiro atoms. The Morgan fingerprint density at radius 1 is 1.18 bits per heavy atom. The SMILES string of the molecule is BOC(=O)C(B)(B)N(B)C(=O)c1nc(B)c(-c2cccc(F)c2)c(B)c1OB. The Balaban J connectivity index is 2.61. The third-order valence-corrected chi connectivity index (χ3v) is 4.92. The van der Waals surface area contributed by atoms with Gasteiger partial charge in [-0.15, -0.1) is 0 Å². The molecule has 1 amide bonds. The number of carbonyl (C=O) groups excluding carboxylic acids is 2. The number of rotatable bonds is 5. The average molecular weight is 373 g/mol. The van der Waals surface area contributed by atoms with Crippen LogP contribution in [0.2, 0.25) is 0 Å². The molecule has 0 aliphatic carbocycles. The molecule has 0 N–H and O–H groups in total. The average Bonchev–Trinajstić information content (AvgIpc) is 2.65. The molecule has 136 valence electrons. The molecule has 1 heterocycles. The molecule has 0 unspecified atom stereocenters. The molecule has 0 radical (unpaired) electrons. The zero-order valence-corrected chi connectivity index (χ0v) is 17.2. The minimum absolute atomic E-state index is 0.0807. The first-order valence-electron chi connectivity index (χ1n) is 8.73. The van der Waals surface area contributed by atoms with E-state index in [1.54, 1.807) is 43.5 Å². The van der Waals surface area contributed by atoms with E-state index in [4.69, 9.17) is 9.31 Å². The van der Waals surface area contributed by atoms with Gasteiger partial charge in [0.25, 0.3) is 11.9 Å². The van der Waals surface area contributed by atoms with Crippen molar-refractivity contribution in [2.24, 2.45) is 0 Å². The Morgan fingerprint density at radius 3 is 2.36 bits per heavy atom. The molecule has 0 fully saturated rings. The van der Waals surface area contributed by atoms with Crippen LogP contribution in [0.15, 0.2) is 24.3 Å². The maximum atomic E-state index is 13.7. The molecule has 0 atom stereocenters. The summed E-state index contributed by atoms with van der Waals surface area (Å²) in [7, 11) is 10.9. The highest BCUT2D eigenvalue weighted by molar-refractivity contribution is 6.54. The van der Waals surface area contributed by atoms with Gasteiger partial charge < -0.3 is 14.1 Å². The second-order valence-electron chi connectivity index (χ2n) is 7.00. The van der Waals surface area contributed by atoms with Crippen molar-refractivity contribution in [3.05, 3.63) is 35.8 Å². The lowest BCUT2D eigenvalue weighted by atomic mass is 9.59. The van der Waals surface area contributed by atoms with Crippen molar-refractivity contribution in [3.8, 4) is 16.9 Å². The van der Waals surface area contributed by atoms with Gasteiger partial charge in [-0.05, 0) is 28.7 Å². The van der Waals surface area contributed by atoms with Crippen LogP contribution in [0.1, 0.15) is 10.5 Å². The lowest BCUT2D eigenvalue weighted by molar-refractivity contribution is -0.136. The van der Waals surface area contributed by atoms with E-state index < -0.39 is 17.2 Å². The van der Waals surface area contributed by atoms with E-state index in [1.165, 1.54) is 41.0 Å². The van der Waals surface area contributed by atoms with Gasteiger partial charge in [-0.25, -0.2) is 4.39 Å². The number of pyridine rings is 1. The number of amides is 1. The van der Waals surface area contributed by atoms with Crippen molar-refractivity contribution in [2.75, 3.05) is 0 Å². The van der Waals surface area contributed by atoms with Crippen LogP contribution in [-0.4, -0.2) is 82.5 Å². The Labute approximate surface area is 169 Å². The second kappa shape index (κ2) is 8.25. The first-order chi connectivity index (χ1) is 13.1. The van der Waals surface area contributed by atoms with Crippen LogP contribution in [0, 0.1) is 5.82 Å². The largest absolute Gasteiger partial charge is 0.567 e. The van der Waals surface area contributed by atoms with Gasteiger partial charge in [-0.3, -0.25) is 14.6 Å². The molecular formula is C14H18B7FN2O4. The first kappa shape index (κ1) is 21.8. The smallest absolute Gasteiger partial charge is 0.326 e. The molecule has 6 nitrogen and oxygen atoms in total. The summed E-state index contributed by atoms with van der Waals surface area (Å²) in [5.41, 5.74) is 2.63. The zero-order valence-electron chi connectivity index (χ0n) is 17.2. The molecule has 28 heavy (non-hydrogen) atoms. The van der Waals surface area contributed by atoms with Crippen LogP contribution >= 0.6 is 0 Å². The number of halogens is 1. The van der Waals surface area contributed by atoms with E-state index in [0.717, 1.165) is 0 Å². The Morgan fingerprint density at radius 2 is 1.82 bits per heavy atom. The van der Waals surface area contributed by atoms with Crippen LogP contribution in [0.3, 0.4) is 0 Å². The summed E-state index contributed by atoms with van der Waals surface area (Å²) in [5, 5.41) is -1.19. The third-order valence-electron chi connectivity index (χ3n) is 4.92. The summed E-state index contributed by atoms with van der Waals surface area (Å²) in [5.74, 6) is -1.12. The molecule has 1 aromatic heterocycles. The fourth-order valence-corrected chi connectivity index (χ4v) is 3.10. The van der Waals surface area contributed by atoms with Crippen LogP contribution in [0.5, 0.6) is 5.75 Å². The highest BCUT2D eigenvalue weighted by Gasteiger charge is 2.37. The van der Waals surface area contributed by atoms with Crippen molar-refractivity contribution in [2.45, 2.75) is 5.34 Å². The van der Waals surface area contributed by atoms with Crippen LogP contribution < -0.4 is 15.7 Å². The Bertz CT molecular complexity index is 944. The monoisotopic (exact) mass is 374 g/mol. The highest BCUT2D eigenvalue weighted by Crippen LogP contribution is 2.23. The molecule has 0 aliphatic heterocycles. The summed E-state index contributed by atoms with van der Waals surface area (Å²) >= 11 is 0. The molecule has 1 aromatic carbocycles. The molecular weight excluding hydrogens is 355 g/mol. The van der Waals surface area contributed by atoms with Gasteiger partial charge in [-0.2, -0.15) is 0 Å². The first-order valence-corrected chi connectivity index (χ1v) is 8.73. The summed E-state index contributed by atoms with van der Waals surface area (Å²) in [6.07, 6.45) is 0.